The summed E-state index contributed by atoms with van der Waals surface area (Å²) in [4.78, 5) is 35.3. The molecule has 0 bridgehead atoms. The number of nitrogens with one attached hydrogen (secondary N) is 2. The quantitative estimate of drug-likeness (QED) is 0.611. The minimum absolute atomic E-state index is 0.151. The summed E-state index contributed by atoms with van der Waals surface area (Å²) in [5.41, 5.74) is 10.1. The van der Waals surface area contributed by atoms with Gasteiger partial charge in [-0.1, -0.05) is 12.1 Å². The fourth-order valence-electron chi connectivity index (χ4n) is 2.11. The van der Waals surface area contributed by atoms with Crippen LogP contribution in [0.2, 0.25) is 0 Å². The topological polar surface area (TPSA) is 129 Å². The summed E-state index contributed by atoms with van der Waals surface area (Å²) in [7, 11) is 2.92. The Bertz CT molecular complexity index is 830. The summed E-state index contributed by atoms with van der Waals surface area (Å²) >= 11 is 0. The lowest BCUT2D eigenvalue weighted by molar-refractivity contribution is -0.123. The molecular formula is C18H19N3O6. The number of hydrogen-bond donors (Lipinski definition) is 3. The van der Waals surface area contributed by atoms with Gasteiger partial charge in [0.2, 0.25) is 0 Å². The van der Waals surface area contributed by atoms with Crippen LogP contribution in [0.4, 0.5) is 0 Å². The number of carbonyl (C=O) groups excluding carboxylic acids is 3. The highest BCUT2D eigenvalue weighted by Crippen LogP contribution is 2.22. The molecule has 0 aliphatic heterocycles. The third-order valence-electron chi connectivity index (χ3n) is 3.44. The van der Waals surface area contributed by atoms with Crippen molar-refractivity contribution in [3.05, 3.63) is 53.6 Å². The molecule has 2 aromatic carbocycles. The van der Waals surface area contributed by atoms with E-state index in [1.807, 2.05) is 0 Å². The van der Waals surface area contributed by atoms with E-state index in [4.69, 9.17) is 19.9 Å². The Balaban J connectivity index is 1.92. The Morgan fingerprint density at radius 1 is 0.963 bits per heavy atom. The van der Waals surface area contributed by atoms with Gasteiger partial charge in [-0.25, -0.2) is 0 Å². The molecule has 9 nitrogen and oxygen atoms in total. The molecule has 27 heavy (non-hydrogen) atoms. The summed E-state index contributed by atoms with van der Waals surface area (Å²) in [5, 5.41) is 0. The van der Waals surface area contributed by atoms with Crippen molar-refractivity contribution >= 4 is 17.7 Å². The first-order valence-electron chi connectivity index (χ1n) is 7.78. The predicted molar refractivity (Wildman–Crippen MR) is 95.6 cm³/mol. The van der Waals surface area contributed by atoms with E-state index < -0.39 is 24.3 Å². The molecule has 2 aromatic rings. The molecule has 0 spiro atoms. The molecule has 142 valence electrons. The van der Waals surface area contributed by atoms with Gasteiger partial charge in [-0.15, -0.1) is 0 Å². The minimum Gasteiger partial charge on any atom is -0.497 e. The molecule has 0 unspecified atom stereocenters. The average molecular weight is 373 g/mol. The number of nitrogens with two attached hydrogens (primary N) is 1. The Morgan fingerprint density at radius 3 is 2.19 bits per heavy atom. The maximum atomic E-state index is 12.2. The Morgan fingerprint density at radius 2 is 1.59 bits per heavy atom. The Kier molecular flexibility index (Phi) is 6.59. The molecule has 0 fully saturated rings. The second kappa shape index (κ2) is 9.09. The first-order valence-corrected chi connectivity index (χ1v) is 7.78. The van der Waals surface area contributed by atoms with Crippen LogP contribution in [-0.4, -0.2) is 38.5 Å². The van der Waals surface area contributed by atoms with Crippen LogP contribution in [0.5, 0.6) is 17.2 Å². The van der Waals surface area contributed by atoms with Crippen molar-refractivity contribution in [3.8, 4) is 17.2 Å². The van der Waals surface area contributed by atoms with Gasteiger partial charge in [0, 0.05) is 11.6 Å². The zero-order chi connectivity index (χ0) is 19.8. The van der Waals surface area contributed by atoms with Gasteiger partial charge in [0.25, 0.3) is 17.7 Å². The first-order chi connectivity index (χ1) is 12.9. The zero-order valence-electron chi connectivity index (χ0n) is 14.8. The van der Waals surface area contributed by atoms with Gasteiger partial charge in [-0.3, -0.25) is 25.2 Å². The van der Waals surface area contributed by atoms with Crippen molar-refractivity contribution in [2.45, 2.75) is 0 Å². The fourth-order valence-corrected chi connectivity index (χ4v) is 2.11. The van der Waals surface area contributed by atoms with Crippen LogP contribution in [0.3, 0.4) is 0 Å². The molecule has 3 amide bonds. The van der Waals surface area contributed by atoms with E-state index in [1.54, 1.807) is 18.2 Å². The van der Waals surface area contributed by atoms with Crippen molar-refractivity contribution in [2.75, 3.05) is 20.8 Å². The highest BCUT2D eigenvalue weighted by atomic mass is 16.5. The van der Waals surface area contributed by atoms with Gasteiger partial charge in [0.15, 0.2) is 6.61 Å². The van der Waals surface area contributed by atoms with E-state index in [0.29, 0.717) is 11.5 Å². The lowest BCUT2D eigenvalue weighted by atomic mass is 10.2. The zero-order valence-corrected chi connectivity index (χ0v) is 14.8. The van der Waals surface area contributed by atoms with Crippen LogP contribution in [-0.2, 0) is 4.79 Å². The molecular weight excluding hydrogens is 354 g/mol. The summed E-state index contributed by atoms with van der Waals surface area (Å²) in [6.07, 6.45) is 0. The van der Waals surface area contributed by atoms with Crippen molar-refractivity contribution in [1.82, 2.24) is 10.9 Å². The van der Waals surface area contributed by atoms with Crippen molar-refractivity contribution in [3.63, 3.8) is 0 Å². The number of hydrazine groups is 1. The van der Waals surface area contributed by atoms with Crippen LogP contribution < -0.4 is 30.8 Å². The number of hydrogen-bond acceptors (Lipinski definition) is 6. The summed E-state index contributed by atoms with van der Waals surface area (Å²) < 4.78 is 15.4. The lowest BCUT2D eigenvalue weighted by Crippen LogP contribution is -2.43. The molecule has 0 saturated carbocycles. The summed E-state index contributed by atoms with van der Waals surface area (Å²) in [5.74, 6) is -0.847. The van der Waals surface area contributed by atoms with Crippen LogP contribution in [0.25, 0.3) is 0 Å². The number of carbonyl (C=O) groups is 3. The standard InChI is InChI=1S/C18H19N3O6/c1-25-12-7-11(8-13(9-12)26-2)18(24)21-20-16(22)10-27-15-6-4-3-5-14(15)17(19)23/h3-9H,10H2,1-2H3,(H2,19,23)(H,20,22)(H,21,24). The Labute approximate surface area is 155 Å². The second-order valence-corrected chi connectivity index (χ2v) is 5.25. The lowest BCUT2D eigenvalue weighted by Gasteiger charge is -2.11. The van der Waals surface area contributed by atoms with E-state index in [1.165, 1.54) is 38.5 Å². The molecule has 0 aromatic heterocycles. The third kappa shape index (κ3) is 5.36. The minimum atomic E-state index is -0.675. The third-order valence-corrected chi connectivity index (χ3v) is 3.44. The molecule has 4 N–H and O–H groups in total. The molecule has 0 aliphatic carbocycles. The second-order valence-electron chi connectivity index (χ2n) is 5.25. The van der Waals surface area contributed by atoms with Gasteiger partial charge >= 0.3 is 0 Å². The van der Waals surface area contributed by atoms with Crippen LogP contribution in [0, 0.1) is 0 Å². The predicted octanol–water partition coefficient (Wildman–Crippen LogP) is 0.643. The smallest absolute Gasteiger partial charge is 0.276 e. The fraction of sp³-hybridized carbons (Fsp3) is 0.167. The summed E-state index contributed by atoms with van der Waals surface area (Å²) in [6.45, 7) is -0.425. The molecule has 0 heterocycles. The molecule has 0 saturated heterocycles. The van der Waals surface area contributed by atoms with Crippen molar-refractivity contribution in [2.24, 2.45) is 5.73 Å². The van der Waals surface area contributed by atoms with Gasteiger partial charge in [0.05, 0.1) is 19.8 Å². The monoisotopic (exact) mass is 373 g/mol. The number of ether oxygens (including phenoxy) is 3. The van der Waals surface area contributed by atoms with Gasteiger partial charge < -0.3 is 19.9 Å². The highest BCUT2D eigenvalue weighted by Gasteiger charge is 2.13. The molecule has 0 radical (unpaired) electrons. The maximum absolute atomic E-state index is 12.2. The molecule has 0 atom stereocenters. The van der Waals surface area contributed by atoms with E-state index >= 15 is 0 Å². The van der Waals surface area contributed by atoms with Crippen molar-refractivity contribution < 1.29 is 28.6 Å². The normalized spacial score (nSPS) is 9.85. The number of rotatable bonds is 7. The highest BCUT2D eigenvalue weighted by molar-refractivity contribution is 5.97. The van der Waals surface area contributed by atoms with Gasteiger partial charge in [0.1, 0.15) is 17.2 Å². The van der Waals surface area contributed by atoms with E-state index in [-0.39, 0.29) is 16.9 Å². The summed E-state index contributed by atoms with van der Waals surface area (Å²) in [6, 6.07) is 10.8. The maximum Gasteiger partial charge on any atom is 0.276 e. The molecule has 2 rings (SSSR count). The number of amides is 3. The molecule has 9 heteroatoms. The van der Waals surface area contributed by atoms with E-state index in [2.05, 4.69) is 10.9 Å². The number of para-hydroxylation sites is 1. The van der Waals surface area contributed by atoms with Gasteiger partial charge in [-0.05, 0) is 24.3 Å². The van der Waals surface area contributed by atoms with E-state index in [0.717, 1.165) is 0 Å². The molecule has 0 aliphatic rings. The van der Waals surface area contributed by atoms with Crippen molar-refractivity contribution in [1.29, 1.82) is 0 Å². The largest absolute Gasteiger partial charge is 0.497 e. The average Bonchev–Trinajstić information content (AvgIpc) is 2.69. The number of primary amides is 1. The van der Waals surface area contributed by atoms with Gasteiger partial charge in [-0.2, -0.15) is 0 Å². The number of benzene rings is 2. The number of methoxy groups -OCH3 is 2. The Hall–Kier alpha value is -3.75. The van der Waals surface area contributed by atoms with Crippen LogP contribution >= 0.6 is 0 Å². The van der Waals surface area contributed by atoms with Crippen LogP contribution in [0.15, 0.2) is 42.5 Å². The van der Waals surface area contributed by atoms with E-state index in [9.17, 15) is 14.4 Å². The van der Waals surface area contributed by atoms with Crippen LogP contribution in [0.1, 0.15) is 20.7 Å². The first kappa shape index (κ1) is 19.6. The SMILES string of the molecule is COc1cc(OC)cc(C(=O)NNC(=O)COc2ccccc2C(N)=O)c1.